The van der Waals surface area contributed by atoms with Crippen LogP contribution in [0.25, 0.3) is 0 Å². The van der Waals surface area contributed by atoms with Gasteiger partial charge in [0.1, 0.15) is 0 Å². The van der Waals surface area contributed by atoms with E-state index in [4.69, 9.17) is 4.69 Å². The number of hydrogen-bond acceptors (Lipinski definition) is 1. The third kappa shape index (κ3) is 4.86. The van der Waals surface area contributed by atoms with Gasteiger partial charge in [0.25, 0.3) is 0 Å². The molecule has 2 heteroatoms. The zero-order valence-electron chi connectivity index (χ0n) is 8.32. The molecule has 0 unspecified atom stereocenters. The van der Waals surface area contributed by atoms with Gasteiger partial charge in [0.15, 0.2) is 0 Å². The minimum absolute atomic E-state index is 1.30. The van der Waals surface area contributed by atoms with Gasteiger partial charge < -0.3 is 0 Å². The van der Waals surface area contributed by atoms with Crippen LogP contribution in [0.4, 0.5) is 0 Å². The second-order valence-electron chi connectivity index (χ2n) is 3.61. The first-order valence-corrected chi connectivity index (χ1v) is 10.6. The van der Waals surface area contributed by atoms with Crippen LogP contribution in [0.1, 0.15) is 40.0 Å². The molecule has 2 N–H and O–H groups in total. The summed E-state index contributed by atoms with van der Waals surface area (Å²) in [6, 6.07) is 0. The Morgan fingerprint density at radius 2 is 1.09 bits per heavy atom. The standard InChI is InChI=1S/C9H23GeN/c1-4-7-10(11,8-5-2)9-6-3/h4-9,11H2,1-3H3. The molecule has 0 spiro atoms. The second kappa shape index (κ2) is 6.07. The average Bonchev–Trinajstić information content (AvgIpc) is 1.88. The first-order valence-electron chi connectivity index (χ1n) is 4.97. The van der Waals surface area contributed by atoms with Crippen molar-refractivity contribution in [2.45, 2.75) is 55.8 Å². The zero-order chi connectivity index (χ0) is 8.74. The molecule has 1 nitrogen and oxygen atoms in total. The molecule has 0 aromatic carbocycles. The van der Waals surface area contributed by atoms with Crippen molar-refractivity contribution < 1.29 is 0 Å². The van der Waals surface area contributed by atoms with Crippen molar-refractivity contribution in [2.24, 2.45) is 4.69 Å². The quantitative estimate of drug-likeness (QED) is 0.680. The van der Waals surface area contributed by atoms with Crippen LogP contribution in [-0.2, 0) is 0 Å². The summed E-state index contributed by atoms with van der Waals surface area (Å²) in [5.41, 5.74) is 0. The Bertz CT molecular complexity index is 76.5. The molecule has 68 valence electrons. The van der Waals surface area contributed by atoms with E-state index in [0.717, 1.165) is 0 Å². The number of hydrogen-bond donors (Lipinski definition) is 1. The van der Waals surface area contributed by atoms with Crippen LogP contribution in [0.2, 0.25) is 15.8 Å². The molecule has 0 heterocycles. The predicted molar refractivity (Wildman–Crippen MR) is 55.2 cm³/mol. The summed E-state index contributed by atoms with van der Waals surface area (Å²) < 4.78 is 6.42. The van der Waals surface area contributed by atoms with Crippen molar-refractivity contribution in [3.8, 4) is 0 Å². The molecule has 0 saturated carbocycles. The SMILES string of the molecule is CC[CH2][Ge]([NH2])([CH2]CC)[CH2]CC. The fourth-order valence-corrected chi connectivity index (χ4v) is 9.71. The second-order valence-corrected chi connectivity index (χ2v) is 12.5. The van der Waals surface area contributed by atoms with Crippen molar-refractivity contribution in [3.63, 3.8) is 0 Å². The molecule has 0 aromatic rings. The van der Waals surface area contributed by atoms with Crippen LogP contribution >= 0.6 is 0 Å². The Hall–Kier alpha value is 0.503. The van der Waals surface area contributed by atoms with Gasteiger partial charge in [-0.05, 0) is 0 Å². The maximum atomic E-state index is 6.42. The van der Waals surface area contributed by atoms with Gasteiger partial charge in [0.05, 0.1) is 0 Å². The van der Waals surface area contributed by atoms with E-state index >= 15 is 0 Å². The van der Waals surface area contributed by atoms with Gasteiger partial charge in [-0.2, -0.15) is 0 Å². The van der Waals surface area contributed by atoms with Crippen molar-refractivity contribution in [2.75, 3.05) is 0 Å². The molecule has 11 heavy (non-hydrogen) atoms. The van der Waals surface area contributed by atoms with E-state index < -0.39 is 13.5 Å². The fourth-order valence-electron chi connectivity index (χ4n) is 1.87. The molecule has 0 atom stereocenters. The summed E-state index contributed by atoms with van der Waals surface area (Å²) in [6.45, 7) is 6.79. The average molecular weight is 218 g/mol. The Balaban J connectivity index is 3.79. The minimum atomic E-state index is -1.74. The first-order chi connectivity index (χ1) is 5.18. The third-order valence-corrected chi connectivity index (χ3v) is 11.7. The van der Waals surface area contributed by atoms with Crippen LogP contribution in [0.15, 0.2) is 0 Å². The van der Waals surface area contributed by atoms with E-state index in [9.17, 15) is 0 Å². The van der Waals surface area contributed by atoms with Gasteiger partial charge in [-0.25, -0.2) is 0 Å². The number of nitrogens with two attached hydrogens (primary N) is 1. The van der Waals surface area contributed by atoms with Gasteiger partial charge in [-0.3, -0.25) is 0 Å². The van der Waals surface area contributed by atoms with Crippen LogP contribution in [0, 0.1) is 0 Å². The molecule has 0 radical (unpaired) electrons. The molecule has 0 bridgehead atoms. The van der Waals surface area contributed by atoms with E-state index in [-0.39, 0.29) is 0 Å². The van der Waals surface area contributed by atoms with E-state index in [0.29, 0.717) is 0 Å². The summed E-state index contributed by atoms with van der Waals surface area (Å²) in [5, 5.41) is 4.13. The summed E-state index contributed by atoms with van der Waals surface area (Å²) >= 11 is -1.74. The van der Waals surface area contributed by atoms with Crippen LogP contribution < -0.4 is 4.69 Å². The van der Waals surface area contributed by atoms with E-state index in [1.165, 1.54) is 35.0 Å². The van der Waals surface area contributed by atoms with Crippen LogP contribution in [-0.4, -0.2) is 13.5 Å². The third-order valence-electron chi connectivity index (χ3n) is 2.24. The van der Waals surface area contributed by atoms with Crippen LogP contribution in [0.5, 0.6) is 0 Å². The van der Waals surface area contributed by atoms with Gasteiger partial charge in [-0.15, -0.1) is 0 Å². The Morgan fingerprint density at radius 1 is 0.818 bits per heavy atom. The van der Waals surface area contributed by atoms with Crippen molar-refractivity contribution in [1.82, 2.24) is 0 Å². The van der Waals surface area contributed by atoms with Gasteiger partial charge in [0.2, 0.25) is 0 Å². The van der Waals surface area contributed by atoms with E-state index in [1.54, 1.807) is 0 Å². The fraction of sp³-hybridized carbons (Fsp3) is 1.00. The Kier molecular flexibility index (Phi) is 6.34. The molecular formula is C9H23GeN. The molecular weight excluding hydrogens is 195 g/mol. The molecule has 0 rings (SSSR count). The predicted octanol–water partition coefficient (Wildman–Crippen LogP) is 3.12. The first kappa shape index (κ1) is 11.5. The van der Waals surface area contributed by atoms with Gasteiger partial charge >= 0.3 is 74.0 Å². The molecule has 0 aromatic heterocycles. The summed E-state index contributed by atoms with van der Waals surface area (Å²) in [7, 11) is 0. The summed E-state index contributed by atoms with van der Waals surface area (Å²) in [5.74, 6) is 0. The summed E-state index contributed by atoms with van der Waals surface area (Å²) in [6.07, 6.45) is 3.91. The normalized spacial score (nSPS) is 12.0. The van der Waals surface area contributed by atoms with Crippen molar-refractivity contribution in [1.29, 1.82) is 0 Å². The number of rotatable bonds is 6. The molecule has 0 amide bonds. The molecule has 0 aliphatic carbocycles. The van der Waals surface area contributed by atoms with Gasteiger partial charge in [-0.1, -0.05) is 0 Å². The van der Waals surface area contributed by atoms with Gasteiger partial charge in [0, 0.05) is 0 Å². The van der Waals surface area contributed by atoms with E-state index in [1.807, 2.05) is 0 Å². The Morgan fingerprint density at radius 3 is 1.27 bits per heavy atom. The Labute approximate surface area is 74.3 Å². The molecule has 0 fully saturated rings. The molecule has 0 saturated heterocycles. The topological polar surface area (TPSA) is 26.0 Å². The maximum absolute atomic E-state index is 6.42. The monoisotopic (exact) mass is 219 g/mol. The molecule has 0 aliphatic heterocycles. The zero-order valence-corrected chi connectivity index (χ0v) is 10.4. The van der Waals surface area contributed by atoms with Crippen molar-refractivity contribution in [3.05, 3.63) is 0 Å². The van der Waals surface area contributed by atoms with Crippen molar-refractivity contribution >= 4 is 13.5 Å². The van der Waals surface area contributed by atoms with Crippen LogP contribution in [0.3, 0.4) is 0 Å². The van der Waals surface area contributed by atoms with E-state index in [2.05, 4.69) is 20.8 Å². The molecule has 0 aliphatic rings. The summed E-state index contributed by atoms with van der Waals surface area (Å²) in [4.78, 5) is 0.